The molecule has 1 amide bonds. The summed E-state index contributed by atoms with van der Waals surface area (Å²) >= 11 is 0. The number of likely N-dealkylation sites (N-methyl/N-ethyl adjacent to an activating group) is 1. The van der Waals surface area contributed by atoms with Crippen molar-refractivity contribution in [1.29, 1.82) is 0 Å². The maximum Gasteiger partial charge on any atom is 0.244 e. The highest BCUT2D eigenvalue weighted by Crippen LogP contribution is 2.22. The van der Waals surface area contributed by atoms with Gasteiger partial charge in [0, 0.05) is 6.54 Å². The van der Waals surface area contributed by atoms with Crippen LogP contribution >= 0.6 is 0 Å². The van der Waals surface area contributed by atoms with Gasteiger partial charge in [-0.2, -0.15) is 0 Å². The van der Waals surface area contributed by atoms with Crippen LogP contribution in [0.5, 0.6) is 0 Å². The van der Waals surface area contributed by atoms with Crippen molar-refractivity contribution in [1.82, 2.24) is 10.2 Å². The molecule has 2 rings (SSSR count). The number of hydrogen-bond acceptors (Lipinski definition) is 3. The van der Waals surface area contributed by atoms with Crippen molar-refractivity contribution in [3.05, 3.63) is 35.9 Å². The molecule has 4 nitrogen and oxygen atoms in total. The lowest BCUT2D eigenvalue weighted by Crippen LogP contribution is -2.43. The highest BCUT2D eigenvalue weighted by atomic mass is 16.2. The maximum absolute atomic E-state index is 12.5. The third-order valence-corrected chi connectivity index (χ3v) is 3.41. The summed E-state index contributed by atoms with van der Waals surface area (Å²) in [5.74, 6) is -0.0155. The number of benzene rings is 1. The number of aldehydes is 1. The summed E-state index contributed by atoms with van der Waals surface area (Å²) in [5.41, 5.74) is 0.932. The first-order chi connectivity index (χ1) is 8.77. The number of likely N-dealkylation sites (tertiary alicyclic amines) is 1. The summed E-state index contributed by atoms with van der Waals surface area (Å²) in [4.78, 5) is 25.1. The molecule has 1 heterocycles. The average Bonchev–Trinajstić information content (AvgIpc) is 2.89. The highest BCUT2D eigenvalue weighted by molar-refractivity contribution is 5.86. The van der Waals surface area contributed by atoms with Gasteiger partial charge in [0.05, 0.1) is 6.04 Å². The van der Waals surface area contributed by atoms with Crippen LogP contribution in [0, 0.1) is 0 Å². The summed E-state index contributed by atoms with van der Waals surface area (Å²) in [6, 6.07) is 8.97. The molecule has 0 bridgehead atoms. The van der Waals surface area contributed by atoms with Crippen molar-refractivity contribution in [2.75, 3.05) is 13.6 Å². The van der Waals surface area contributed by atoms with Crippen LogP contribution in [-0.2, 0) is 9.59 Å². The van der Waals surface area contributed by atoms with Crippen LogP contribution in [0.25, 0.3) is 0 Å². The van der Waals surface area contributed by atoms with E-state index in [9.17, 15) is 9.59 Å². The zero-order chi connectivity index (χ0) is 13.0. The molecular weight excluding hydrogens is 228 g/mol. The van der Waals surface area contributed by atoms with Crippen LogP contribution < -0.4 is 5.32 Å². The third kappa shape index (κ3) is 2.43. The molecule has 0 aromatic heterocycles. The number of nitrogens with zero attached hydrogens (tertiary/aromatic N) is 1. The Balaban J connectivity index is 2.18. The molecule has 4 heteroatoms. The number of carbonyl (C=O) groups excluding carboxylic acids is 2. The predicted octanol–water partition coefficient (Wildman–Crippen LogP) is 1.14. The van der Waals surface area contributed by atoms with E-state index < -0.39 is 0 Å². The van der Waals surface area contributed by atoms with Crippen LogP contribution in [0.15, 0.2) is 30.3 Å². The molecule has 1 saturated heterocycles. The lowest BCUT2D eigenvalue weighted by molar-refractivity contribution is -0.136. The molecule has 0 aliphatic carbocycles. The minimum atomic E-state index is -0.369. The first kappa shape index (κ1) is 12.8. The van der Waals surface area contributed by atoms with E-state index in [0.29, 0.717) is 6.54 Å². The van der Waals surface area contributed by atoms with Gasteiger partial charge in [-0.05, 0) is 25.5 Å². The van der Waals surface area contributed by atoms with E-state index >= 15 is 0 Å². The molecule has 1 unspecified atom stereocenters. The van der Waals surface area contributed by atoms with E-state index in [4.69, 9.17) is 0 Å². The van der Waals surface area contributed by atoms with Gasteiger partial charge < -0.3 is 15.0 Å². The monoisotopic (exact) mass is 246 g/mol. The fraction of sp³-hybridized carbons (Fsp3) is 0.429. The van der Waals surface area contributed by atoms with Gasteiger partial charge in [-0.3, -0.25) is 4.79 Å². The number of carbonyl (C=O) groups is 2. The van der Waals surface area contributed by atoms with Crippen LogP contribution in [0.2, 0.25) is 0 Å². The lowest BCUT2D eigenvalue weighted by atomic mass is 10.1. The Labute approximate surface area is 107 Å². The highest BCUT2D eigenvalue weighted by Gasteiger charge is 2.32. The maximum atomic E-state index is 12.5. The van der Waals surface area contributed by atoms with Crippen LogP contribution in [0.4, 0.5) is 0 Å². The first-order valence-corrected chi connectivity index (χ1v) is 6.26. The second-order valence-electron chi connectivity index (χ2n) is 4.51. The molecule has 0 radical (unpaired) electrons. The fourth-order valence-corrected chi connectivity index (χ4v) is 2.45. The molecule has 1 aromatic rings. The van der Waals surface area contributed by atoms with Gasteiger partial charge in [-0.1, -0.05) is 30.3 Å². The molecule has 1 aliphatic heterocycles. The quantitative estimate of drug-likeness (QED) is 0.810. The summed E-state index contributed by atoms with van der Waals surface area (Å²) in [6.45, 7) is 0.674. The fourth-order valence-electron chi connectivity index (χ4n) is 2.45. The van der Waals surface area contributed by atoms with E-state index in [1.165, 1.54) is 0 Å². The zero-order valence-corrected chi connectivity index (χ0v) is 10.5. The summed E-state index contributed by atoms with van der Waals surface area (Å²) in [7, 11) is 1.77. The second kappa shape index (κ2) is 5.78. The Hall–Kier alpha value is -1.68. The summed E-state index contributed by atoms with van der Waals surface area (Å²) in [6.07, 6.45) is 2.56. The molecule has 2 atom stereocenters. The molecule has 18 heavy (non-hydrogen) atoms. The largest absolute Gasteiger partial charge is 0.331 e. The number of nitrogens with one attached hydrogen (secondary N) is 1. The van der Waals surface area contributed by atoms with Crippen molar-refractivity contribution in [3.8, 4) is 0 Å². The van der Waals surface area contributed by atoms with Crippen molar-refractivity contribution >= 4 is 12.2 Å². The first-order valence-electron chi connectivity index (χ1n) is 6.26. The standard InChI is InChI=1S/C14H18N2O2/c1-15-13(11-6-3-2-4-7-11)14(18)16-9-5-8-12(16)10-17/h2-4,6-7,10,12-13,15H,5,8-9H2,1H3/t12-,13?/m0/s1. The van der Waals surface area contributed by atoms with Gasteiger partial charge in [0.25, 0.3) is 0 Å². The molecule has 1 fully saturated rings. The van der Waals surface area contributed by atoms with E-state index in [1.54, 1.807) is 11.9 Å². The van der Waals surface area contributed by atoms with E-state index in [-0.39, 0.29) is 18.0 Å². The minimum Gasteiger partial charge on any atom is -0.331 e. The van der Waals surface area contributed by atoms with Crippen molar-refractivity contribution in [3.63, 3.8) is 0 Å². The van der Waals surface area contributed by atoms with E-state index in [2.05, 4.69) is 5.32 Å². The Morgan fingerprint density at radius 2 is 2.17 bits per heavy atom. The van der Waals surface area contributed by atoms with Crippen LogP contribution in [0.1, 0.15) is 24.4 Å². The summed E-state index contributed by atoms with van der Waals surface area (Å²) < 4.78 is 0. The number of rotatable bonds is 4. The smallest absolute Gasteiger partial charge is 0.244 e. The van der Waals surface area contributed by atoms with Crippen molar-refractivity contribution < 1.29 is 9.59 Å². The van der Waals surface area contributed by atoms with Crippen molar-refractivity contribution in [2.45, 2.75) is 24.9 Å². The zero-order valence-electron chi connectivity index (χ0n) is 10.5. The second-order valence-corrected chi connectivity index (χ2v) is 4.51. The predicted molar refractivity (Wildman–Crippen MR) is 69.0 cm³/mol. The van der Waals surface area contributed by atoms with E-state index in [1.807, 2.05) is 30.3 Å². The normalized spacial score (nSPS) is 20.7. The summed E-state index contributed by atoms with van der Waals surface area (Å²) in [5, 5.41) is 3.03. The van der Waals surface area contributed by atoms with Gasteiger partial charge in [-0.15, -0.1) is 0 Å². The van der Waals surface area contributed by atoms with Gasteiger partial charge >= 0.3 is 0 Å². The third-order valence-electron chi connectivity index (χ3n) is 3.41. The van der Waals surface area contributed by atoms with Gasteiger partial charge in [0.2, 0.25) is 5.91 Å². The van der Waals surface area contributed by atoms with Gasteiger partial charge in [0.1, 0.15) is 12.3 Å². The minimum absolute atomic E-state index is 0.0155. The van der Waals surface area contributed by atoms with Gasteiger partial charge in [0.15, 0.2) is 0 Å². The molecule has 1 N–H and O–H groups in total. The number of amides is 1. The lowest BCUT2D eigenvalue weighted by Gasteiger charge is -2.26. The Bertz CT molecular complexity index is 419. The molecule has 1 aromatic carbocycles. The van der Waals surface area contributed by atoms with E-state index in [0.717, 1.165) is 24.7 Å². The molecule has 96 valence electrons. The molecule has 0 spiro atoms. The Morgan fingerprint density at radius 3 is 2.78 bits per heavy atom. The van der Waals surface area contributed by atoms with Crippen LogP contribution in [-0.4, -0.2) is 36.7 Å². The van der Waals surface area contributed by atoms with Crippen LogP contribution in [0.3, 0.4) is 0 Å². The number of hydrogen-bond donors (Lipinski definition) is 1. The molecule has 0 saturated carbocycles. The average molecular weight is 246 g/mol. The topological polar surface area (TPSA) is 49.4 Å². The van der Waals surface area contributed by atoms with Gasteiger partial charge in [-0.25, -0.2) is 0 Å². The molecule has 1 aliphatic rings. The SMILES string of the molecule is CNC(C(=O)N1CCC[C@H]1C=O)c1ccccc1. The Kier molecular flexibility index (Phi) is 4.10. The van der Waals surface area contributed by atoms with Crippen molar-refractivity contribution in [2.24, 2.45) is 0 Å². The Morgan fingerprint density at radius 1 is 1.44 bits per heavy atom. The molecular formula is C14H18N2O2.